The number of nitrogens with zero attached hydrogens (tertiary/aromatic N) is 2. The van der Waals surface area contributed by atoms with Crippen LogP contribution in [0.15, 0.2) is 24.3 Å². The van der Waals surface area contributed by atoms with Gasteiger partial charge in [-0.15, -0.1) is 0 Å². The maximum atomic E-state index is 13.3. The number of carbonyl (C=O) groups excluding carboxylic acids is 2. The third-order valence-corrected chi connectivity index (χ3v) is 3.78. The molecule has 0 aliphatic carbocycles. The minimum absolute atomic E-state index is 0.176. The Labute approximate surface area is 116 Å². The second kappa shape index (κ2) is 5.30. The lowest BCUT2D eigenvalue weighted by Crippen LogP contribution is -2.51. The molecule has 0 aromatic heterocycles. The first-order chi connectivity index (χ1) is 9.66. The number of rotatable bonds is 2. The number of nitrogens with one attached hydrogen (secondary N) is 1. The lowest BCUT2D eigenvalue weighted by Gasteiger charge is -2.31. The molecule has 0 bridgehead atoms. The van der Waals surface area contributed by atoms with Crippen molar-refractivity contribution in [2.24, 2.45) is 0 Å². The van der Waals surface area contributed by atoms with Crippen LogP contribution in [-0.4, -0.2) is 48.9 Å². The van der Waals surface area contributed by atoms with Crippen LogP contribution in [-0.2, 0) is 9.59 Å². The highest BCUT2D eigenvalue weighted by atomic mass is 19.1. The molecule has 3 rings (SSSR count). The standard InChI is InChI=1S/C14H16FN3O2/c15-10-2-1-3-11(8-10)18-13(19)9-12(14(18)20)17-6-4-16-5-7-17/h1-3,8,12,16H,4-7,9H2. The van der Waals surface area contributed by atoms with Crippen molar-refractivity contribution < 1.29 is 14.0 Å². The first kappa shape index (κ1) is 13.2. The van der Waals surface area contributed by atoms with E-state index in [-0.39, 0.29) is 18.2 Å². The molecular weight excluding hydrogens is 261 g/mol. The molecule has 1 unspecified atom stereocenters. The molecule has 1 atom stereocenters. The fourth-order valence-corrected chi connectivity index (χ4v) is 2.78. The van der Waals surface area contributed by atoms with E-state index >= 15 is 0 Å². The number of imide groups is 1. The van der Waals surface area contributed by atoms with Crippen LogP contribution in [0.4, 0.5) is 10.1 Å². The topological polar surface area (TPSA) is 52.7 Å². The van der Waals surface area contributed by atoms with Gasteiger partial charge in [0, 0.05) is 26.2 Å². The zero-order valence-electron chi connectivity index (χ0n) is 11.0. The molecule has 0 radical (unpaired) electrons. The van der Waals surface area contributed by atoms with Gasteiger partial charge in [-0.2, -0.15) is 0 Å². The Kier molecular flexibility index (Phi) is 3.50. The van der Waals surface area contributed by atoms with Crippen LogP contribution >= 0.6 is 0 Å². The average molecular weight is 277 g/mol. The van der Waals surface area contributed by atoms with E-state index in [2.05, 4.69) is 5.32 Å². The third kappa shape index (κ3) is 2.32. The van der Waals surface area contributed by atoms with Crippen LogP contribution < -0.4 is 10.2 Å². The molecule has 1 aromatic carbocycles. The first-order valence-corrected chi connectivity index (χ1v) is 6.74. The number of amides is 2. The van der Waals surface area contributed by atoms with Crippen LogP contribution in [0.5, 0.6) is 0 Å². The largest absolute Gasteiger partial charge is 0.314 e. The Morgan fingerprint density at radius 3 is 2.65 bits per heavy atom. The van der Waals surface area contributed by atoms with E-state index in [0.29, 0.717) is 5.69 Å². The summed E-state index contributed by atoms with van der Waals surface area (Å²) in [5, 5.41) is 3.21. The SMILES string of the molecule is O=C1CC(N2CCNCC2)C(=O)N1c1cccc(F)c1. The maximum Gasteiger partial charge on any atom is 0.251 e. The fraction of sp³-hybridized carbons (Fsp3) is 0.429. The zero-order chi connectivity index (χ0) is 14.1. The van der Waals surface area contributed by atoms with Gasteiger partial charge in [0.25, 0.3) is 5.91 Å². The minimum atomic E-state index is -0.450. The van der Waals surface area contributed by atoms with Crippen molar-refractivity contribution in [1.82, 2.24) is 10.2 Å². The van der Waals surface area contributed by atoms with Crippen molar-refractivity contribution in [3.05, 3.63) is 30.1 Å². The highest BCUT2D eigenvalue weighted by Gasteiger charge is 2.42. The zero-order valence-corrected chi connectivity index (χ0v) is 11.0. The average Bonchev–Trinajstić information content (AvgIpc) is 2.75. The Morgan fingerprint density at radius 2 is 1.95 bits per heavy atom. The van der Waals surface area contributed by atoms with Gasteiger partial charge in [-0.05, 0) is 18.2 Å². The van der Waals surface area contributed by atoms with Gasteiger partial charge in [0.05, 0.1) is 18.2 Å². The summed E-state index contributed by atoms with van der Waals surface area (Å²) in [6.45, 7) is 3.14. The summed E-state index contributed by atoms with van der Waals surface area (Å²) in [6, 6.07) is 5.19. The van der Waals surface area contributed by atoms with Crippen LogP contribution in [0.25, 0.3) is 0 Å². The predicted molar refractivity (Wildman–Crippen MR) is 71.7 cm³/mol. The quantitative estimate of drug-likeness (QED) is 0.793. The third-order valence-electron chi connectivity index (χ3n) is 3.78. The number of hydrogen-bond donors (Lipinski definition) is 1. The van der Waals surface area contributed by atoms with E-state index in [0.717, 1.165) is 31.1 Å². The number of piperazine rings is 1. The highest BCUT2D eigenvalue weighted by molar-refractivity contribution is 6.22. The normalized spacial score (nSPS) is 24.4. The summed E-state index contributed by atoms with van der Waals surface area (Å²) in [6.07, 6.45) is 0.176. The number of benzene rings is 1. The van der Waals surface area contributed by atoms with E-state index < -0.39 is 11.9 Å². The number of anilines is 1. The van der Waals surface area contributed by atoms with Crippen LogP contribution in [0.3, 0.4) is 0 Å². The summed E-state index contributed by atoms with van der Waals surface area (Å²) < 4.78 is 13.3. The lowest BCUT2D eigenvalue weighted by molar-refractivity contribution is -0.123. The molecule has 2 saturated heterocycles. The van der Waals surface area contributed by atoms with Gasteiger partial charge in [-0.3, -0.25) is 14.5 Å². The minimum Gasteiger partial charge on any atom is -0.314 e. The second-order valence-corrected chi connectivity index (χ2v) is 5.05. The molecule has 2 aliphatic heterocycles. The molecule has 2 heterocycles. The van der Waals surface area contributed by atoms with Crippen molar-refractivity contribution in [3.63, 3.8) is 0 Å². The second-order valence-electron chi connectivity index (χ2n) is 5.05. The molecule has 1 N–H and O–H groups in total. The van der Waals surface area contributed by atoms with E-state index in [9.17, 15) is 14.0 Å². The highest BCUT2D eigenvalue weighted by Crippen LogP contribution is 2.26. The monoisotopic (exact) mass is 277 g/mol. The van der Waals surface area contributed by atoms with Gasteiger partial charge < -0.3 is 5.32 Å². The van der Waals surface area contributed by atoms with E-state index in [1.54, 1.807) is 6.07 Å². The van der Waals surface area contributed by atoms with Crippen LogP contribution in [0, 0.1) is 5.82 Å². The Bertz CT molecular complexity index is 543. The lowest BCUT2D eigenvalue weighted by atomic mass is 10.2. The van der Waals surface area contributed by atoms with Gasteiger partial charge in [-0.25, -0.2) is 9.29 Å². The Balaban J connectivity index is 1.83. The Morgan fingerprint density at radius 1 is 1.20 bits per heavy atom. The Hall–Kier alpha value is -1.79. The van der Waals surface area contributed by atoms with E-state index in [1.807, 2.05) is 4.90 Å². The molecule has 2 fully saturated rings. The molecule has 0 saturated carbocycles. The molecule has 5 nitrogen and oxygen atoms in total. The molecule has 6 heteroatoms. The fourth-order valence-electron chi connectivity index (χ4n) is 2.78. The first-order valence-electron chi connectivity index (χ1n) is 6.74. The molecule has 2 amide bonds. The number of hydrogen-bond acceptors (Lipinski definition) is 4. The van der Waals surface area contributed by atoms with Crippen molar-refractivity contribution in [1.29, 1.82) is 0 Å². The summed E-state index contributed by atoms with van der Waals surface area (Å²) in [5.74, 6) is -0.958. The van der Waals surface area contributed by atoms with Crippen molar-refractivity contribution in [2.75, 3.05) is 31.1 Å². The van der Waals surface area contributed by atoms with Gasteiger partial charge in [0.2, 0.25) is 5.91 Å². The molecule has 2 aliphatic rings. The van der Waals surface area contributed by atoms with Gasteiger partial charge in [-0.1, -0.05) is 6.07 Å². The molecular formula is C14H16FN3O2. The van der Waals surface area contributed by atoms with Crippen molar-refractivity contribution in [3.8, 4) is 0 Å². The van der Waals surface area contributed by atoms with Crippen LogP contribution in [0.1, 0.15) is 6.42 Å². The van der Waals surface area contributed by atoms with Crippen molar-refractivity contribution >= 4 is 17.5 Å². The van der Waals surface area contributed by atoms with E-state index in [1.165, 1.54) is 18.2 Å². The molecule has 1 aromatic rings. The van der Waals surface area contributed by atoms with Crippen molar-refractivity contribution in [2.45, 2.75) is 12.5 Å². The maximum absolute atomic E-state index is 13.3. The van der Waals surface area contributed by atoms with Gasteiger partial charge in [0.15, 0.2) is 0 Å². The van der Waals surface area contributed by atoms with Gasteiger partial charge in [0.1, 0.15) is 5.82 Å². The summed E-state index contributed by atoms with van der Waals surface area (Å²) >= 11 is 0. The smallest absolute Gasteiger partial charge is 0.251 e. The van der Waals surface area contributed by atoms with Crippen LogP contribution in [0.2, 0.25) is 0 Å². The summed E-state index contributed by atoms with van der Waals surface area (Å²) in [5.41, 5.74) is 0.317. The number of carbonyl (C=O) groups is 2. The summed E-state index contributed by atoms with van der Waals surface area (Å²) in [7, 11) is 0. The van der Waals surface area contributed by atoms with Gasteiger partial charge >= 0.3 is 0 Å². The predicted octanol–water partition coefficient (Wildman–Crippen LogP) is 0.363. The van der Waals surface area contributed by atoms with E-state index in [4.69, 9.17) is 0 Å². The molecule has 20 heavy (non-hydrogen) atoms. The molecule has 106 valence electrons. The molecule has 0 spiro atoms. The number of halogens is 1. The summed E-state index contributed by atoms with van der Waals surface area (Å²) in [4.78, 5) is 27.7.